The molecule has 1 atom stereocenters. The maximum atomic E-state index is 12.9. The van der Waals surface area contributed by atoms with Crippen LogP contribution in [-0.2, 0) is 17.6 Å². The fraction of sp³-hybridized carbons (Fsp3) is 0.476. The zero-order valence-corrected chi connectivity index (χ0v) is 15.4. The second kappa shape index (κ2) is 8.79. The lowest BCUT2D eigenvalue weighted by Crippen LogP contribution is -2.42. The monoisotopic (exact) mass is 353 g/mol. The molecule has 0 bridgehead atoms. The first-order chi connectivity index (χ1) is 12.7. The van der Waals surface area contributed by atoms with Crippen molar-refractivity contribution in [2.24, 2.45) is 5.92 Å². The van der Waals surface area contributed by atoms with E-state index in [1.165, 1.54) is 5.56 Å². The lowest BCUT2D eigenvalue weighted by molar-refractivity contribution is -0.124. The summed E-state index contributed by atoms with van der Waals surface area (Å²) in [5.74, 6) is 0.230. The van der Waals surface area contributed by atoms with E-state index in [0.29, 0.717) is 18.5 Å². The number of aromatic nitrogens is 2. The number of carbonyl (C=O) groups excluding carboxylic acids is 2. The average Bonchev–Trinajstić information content (AvgIpc) is 3.15. The normalized spacial score (nSPS) is 17.3. The van der Waals surface area contributed by atoms with Gasteiger partial charge < -0.3 is 4.90 Å². The quantitative estimate of drug-likeness (QED) is 0.829. The fourth-order valence-electron chi connectivity index (χ4n) is 3.65. The van der Waals surface area contributed by atoms with Gasteiger partial charge in [-0.2, -0.15) is 5.10 Å². The van der Waals surface area contributed by atoms with Gasteiger partial charge in [0, 0.05) is 31.1 Å². The summed E-state index contributed by atoms with van der Waals surface area (Å²) in [6.07, 6.45) is 6.47. The molecular formula is C21H27N3O2. The van der Waals surface area contributed by atoms with Gasteiger partial charge in [-0.1, -0.05) is 43.7 Å². The molecule has 5 nitrogen and oxygen atoms in total. The molecule has 26 heavy (non-hydrogen) atoms. The number of Topliss-reactive ketones (excluding diaryl/α,β-unsaturated/α-hetero) is 1. The zero-order valence-electron chi connectivity index (χ0n) is 15.4. The smallest absolute Gasteiger partial charge is 0.257 e. The Hall–Kier alpha value is -2.43. The van der Waals surface area contributed by atoms with E-state index in [-0.39, 0.29) is 17.6 Å². The minimum atomic E-state index is -0.0436. The average molecular weight is 353 g/mol. The Kier molecular flexibility index (Phi) is 6.21. The summed E-state index contributed by atoms with van der Waals surface area (Å²) in [4.78, 5) is 27.3. The largest absolute Gasteiger partial charge is 0.338 e. The number of likely N-dealkylation sites (tertiary alicyclic amines) is 1. The van der Waals surface area contributed by atoms with Gasteiger partial charge in [0.2, 0.25) is 0 Å². The van der Waals surface area contributed by atoms with Crippen LogP contribution in [0, 0.1) is 5.92 Å². The Morgan fingerprint density at radius 2 is 2.04 bits per heavy atom. The molecule has 138 valence electrons. The van der Waals surface area contributed by atoms with E-state index >= 15 is 0 Å². The van der Waals surface area contributed by atoms with Crippen molar-refractivity contribution in [3.05, 3.63) is 53.3 Å². The Morgan fingerprint density at radius 1 is 1.23 bits per heavy atom. The molecule has 1 fully saturated rings. The number of amides is 1. The summed E-state index contributed by atoms with van der Waals surface area (Å²) in [7, 11) is 0. The number of piperidine rings is 1. The van der Waals surface area contributed by atoms with Crippen LogP contribution in [0.2, 0.25) is 0 Å². The highest BCUT2D eigenvalue weighted by molar-refractivity contribution is 5.95. The lowest BCUT2D eigenvalue weighted by atomic mass is 9.90. The zero-order chi connectivity index (χ0) is 18.4. The van der Waals surface area contributed by atoms with Gasteiger partial charge in [-0.05, 0) is 31.2 Å². The van der Waals surface area contributed by atoms with Crippen LogP contribution in [0.15, 0.2) is 36.5 Å². The number of carbonyl (C=O) groups is 2. The van der Waals surface area contributed by atoms with Gasteiger partial charge in [-0.3, -0.25) is 14.7 Å². The van der Waals surface area contributed by atoms with E-state index in [1.807, 2.05) is 23.1 Å². The third kappa shape index (κ3) is 4.40. The molecule has 5 heteroatoms. The minimum Gasteiger partial charge on any atom is -0.338 e. The number of H-pyrrole nitrogens is 1. The van der Waals surface area contributed by atoms with Crippen molar-refractivity contribution in [3.63, 3.8) is 0 Å². The molecule has 0 aliphatic carbocycles. The maximum Gasteiger partial charge on any atom is 0.257 e. The Morgan fingerprint density at radius 3 is 2.81 bits per heavy atom. The molecule has 1 aromatic carbocycles. The van der Waals surface area contributed by atoms with Gasteiger partial charge >= 0.3 is 0 Å². The van der Waals surface area contributed by atoms with Crippen molar-refractivity contribution in [2.75, 3.05) is 13.1 Å². The molecular weight excluding hydrogens is 326 g/mol. The Balaban J connectivity index is 1.58. The number of aromatic amines is 1. The van der Waals surface area contributed by atoms with Gasteiger partial charge in [0.25, 0.3) is 5.91 Å². The molecule has 1 amide bonds. The van der Waals surface area contributed by atoms with Gasteiger partial charge in [-0.15, -0.1) is 0 Å². The molecule has 1 N–H and O–H groups in total. The SMILES string of the molecule is CCCc1[nH]ncc1C(=O)N1CCC[C@H](C(=O)CCc2ccccc2)C1. The summed E-state index contributed by atoms with van der Waals surface area (Å²) in [6, 6.07) is 10.1. The van der Waals surface area contributed by atoms with Crippen molar-refractivity contribution in [1.82, 2.24) is 15.1 Å². The molecule has 3 rings (SSSR count). The molecule has 1 aromatic heterocycles. The second-order valence-corrected chi connectivity index (χ2v) is 7.05. The van der Waals surface area contributed by atoms with Gasteiger partial charge in [0.1, 0.15) is 5.78 Å². The molecule has 0 unspecified atom stereocenters. The molecule has 1 aliphatic rings. The van der Waals surface area contributed by atoms with E-state index < -0.39 is 0 Å². The van der Waals surface area contributed by atoms with Gasteiger partial charge in [0.15, 0.2) is 0 Å². The van der Waals surface area contributed by atoms with E-state index in [4.69, 9.17) is 0 Å². The number of hydrogen-bond donors (Lipinski definition) is 1. The minimum absolute atomic E-state index is 0.00255. The van der Waals surface area contributed by atoms with Crippen LogP contribution in [0.25, 0.3) is 0 Å². The van der Waals surface area contributed by atoms with Crippen LogP contribution in [0.4, 0.5) is 0 Å². The van der Waals surface area contributed by atoms with Crippen molar-refractivity contribution >= 4 is 11.7 Å². The summed E-state index contributed by atoms with van der Waals surface area (Å²) >= 11 is 0. The van der Waals surface area contributed by atoms with Crippen LogP contribution < -0.4 is 0 Å². The van der Waals surface area contributed by atoms with Crippen LogP contribution >= 0.6 is 0 Å². The van der Waals surface area contributed by atoms with Crippen molar-refractivity contribution in [3.8, 4) is 0 Å². The predicted octanol–water partition coefficient (Wildman–Crippen LogP) is 3.42. The van der Waals surface area contributed by atoms with Crippen LogP contribution in [-0.4, -0.2) is 39.9 Å². The molecule has 1 aliphatic heterocycles. The first-order valence-electron chi connectivity index (χ1n) is 9.57. The molecule has 1 saturated heterocycles. The number of nitrogens with one attached hydrogen (secondary N) is 1. The topological polar surface area (TPSA) is 66.1 Å². The highest BCUT2D eigenvalue weighted by atomic mass is 16.2. The summed E-state index contributed by atoms with van der Waals surface area (Å²) < 4.78 is 0. The fourth-order valence-corrected chi connectivity index (χ4v) is 3.65. The number of rotatable bonds is 7. The summed E-state index contributed by atoms with van der Waals surface area (Å²) in [5, 5.41) is 6.97. The van der Waals surface area contributed by atoms with E-state index in [2.05, 4.69) is 29.3 Å². The molecule has 0 spiro atoms. The van der Waals surface area contributed by atoms with Crippen LogP contribution in [0.3, 0.4) is 0 Å². The third-order valence-electron chi connectivity index (χ3n) is 5.12. The maximum absolute atomic E-state index is 12.9. The molecule has 2 aromatic rings. The Bertz CT molecular complexity index is 739. The predicted molar refractivity (Wildman–Crippen MR) is 101 cm³/mol. The first-order valence-corrected chi connectivity index (χ1v) is 9.57. The lowest BCUT2D eigenvalue weighted by Gasteiger charge is -2.32. The van der Waals surface area contributed by atoms with E-state index in [0.717, 1.165) is 44.3 Å². The number of hydrogen-bond acceptors (Lipinski definition) is 3. The molecule has 0 saturated carbocycles. The van der Waals surface area contributed by atoms with E-state index in [1.54, 1.807) is 6.20 Å². The number of nitrogens with zero attached hydrogens (tertiary/aromatic N) is 2. The number of ketones is 1. The third-order valence-corrected chi connectivity index (χ3v) is 5.12. The van der Waals surface area contributed by atoms with Gasteiger partial charge in [0.05, 0.1) is 11.8 Å². The van der Waals surface area contributed by atoms with Crippen LogP contribution in [0.1, 0.15) is 54.2 Å². The number of benzene rings is 1. The van der Waals surface area contributed by atoms with Gasteiger partial charge in [-0.25, -0.2) is 0 Å². The second-order valence-electron chi connectivity index (χ2n) is 7.05. The summed E-state index contributed by atoms with van der Waals surface area (Å²) in [5.41, 5.74) is 2.74. The highest BCUT2D eigenvalue weighted by Crippen LogP contribution is 2.22. The first kappa shape index (κ1) is 18.4. The summed E-state index contributed by atoms with van der Waals surface area (Å²) in [6.45, 7) is 3.33. The number of aryl methyl sites for hydroxylation is 2. The van der Waals surface area contributed by atoms with Crippen LogP contribution in [0.5, 0.6) is 0 Å². The molecule has 2 heterocycles. The van der Waals surface area contributed by atoms with E-state index in [9.17, 15) is 9.59 Å². The van der Waals surface area contributed by atoms with Crippen molar-refractivity contribution in [2.45, 2.75) is 45.4 Å². The van der Waals surface area contributed by atoms with Crippen molar-refractivity contribution in [1.29, 1.82) is 0 Å². The highest BCUT2D eigenvalue weighted by Gasteiger charge is 2.29. The van der Waals surface area contributed by atoms with Crippen molar-refractivity contribution < 1.29 is 9.59 Å². The molecule has 0 radical (unpaired) electrons. The standard InChI is InChI=1S/C21H27N3O2/c1-2-7-19-18(14-22-23-19)21(26)24-13-6-10-17(15-24)20(25)12-11-16-8-4-3-5-9-16/h3-5,8-9,14,17H,2,6-7,10-13,15H2,1H3,(H,22,23)/t17-/m0/s1. The Labute approximate surface area is 154 Å².